The molecule has 0 aliphatic rings. The third kappa shape index (κ3) is 23.1. The zero-order valence-electron chi connectivity index (χ0n) is 2.22. The Morgan fingerprint density at radius 2 is 0.833 bits per heavy atom. The summed E-state index contributed by atoms with van der Waals surface area (Å²) >= 11 is 0. The van der Waals surface area contributed by atoms with E-state index in [1.165, 1.54) is 0 Å². The summed E-state index contributed by atoms with van der Waals surface area (Å²) in [5.41, 5.74) is 0. The van der Waals surface area contributed by atoms with Gasteiger partial charge in [-0.05, 0) is 0 Å². The monoisotopic (exact) mass is 637 g/mol. The van der Waals surface area contributed by atoms with Gasteiger partial charge < -0.3 is 5.48 Å². The fraction of sp³-hybridized carbons (Fsp3) is 0. The topological polar surface area (TPSA) is 31.5 Å². The summed E-state index contributed by atoms with van der Waals surface area (Å²) in [5, 5.41) is 0. The molecule has 0 heterocycles. The summed E-state index contributed by atoms with van der Waals surface area (Å²) in [6.45, 7) is 0. The van der Waals surface area contributed by atoms with Gasteiger partial charge in [0.25, 0.3) is 0 Å². The average molecular weight is 637 g/mol. The molecule has 0 bridgehead atoms. The molecule has 0 saturated heterocycles. The molecule has 1 radical (unpaired) electrons. The van der Waals surface area contributed by atoms with Crippen LogP contribution in [0.2, 0.25) is 0 Å². The van der Waals surface area contributed by atoms with Crippen LogP contribution in [0.1, 0.15) is 0 Å². The van der Waals surface area contributed by atoms with E-state index < -0.39 is 0 Å². The Morgan fingerprint density at radius 1 is 0.833 bits per heavy atom. The predicted octanol–water partition coefficient (Wildman–Crippen LogP) is -5.03. The van der Waals surface area contributed by atoms with Crippen molar-refractivity contribution in [3.05, 3.63) is 0 Å². The minimum atomic E-state index is 0. The van der Waals surface area contributed by atoms with Crippen LogP contribution in [-0.4, -0.2) is 141 Å². The van der Waals surface area contributed by atoms with E-state index in [-0.39, 0.29) is 158 Å². The number of hydrogen-bond acceptors (Lipinski definition) is 0. The van der Waals surface area contributed by atoms with Gasteiger partial charge in [0.2, 0.25) is 0 Å². The van der Waals surface area contributed by atoms with E-state index in [9.17, 15) is 0 Å². The van der Waals surface area contributed by atoms with Crippen LogP contribution in [0.15, 0.2) is 0 Å². The molecule has 1 nitrogen and oxygen atoms in total. The molecular formula is H12Bi2CaCuOSr. The molecule has 0 saturated carbocycles. The molecule has 0 spiro atoms. The Kier molecular flexibility index (Phi) is 238. The Bertz CT molecular complexity index is 13.5. The van der Waals surface area contributed by atoms with E-state index in [1.54, 1.807) is 0 Å². The Hall–Kier alpha value is 4.99. The van der Waals surface area contributed by atoms with Crippen LogP contribution in [0.5, 0.6) is 0 Å². The van der Waals surface area contributed by atoms with Crippen LogP contribution in [0.4, 0.5) is 0 Å². The maximum atomic E-state index is 0. The molecule has 0 rings (SSSR count). The van der Waals surface area contributed by atoms with Crippen molar-refractivity contribution < 1.29 is 22.5 Å². The van der Waals surface area contributed by atoms with Gasteiger partial charge in [0.05, 0.1) is 0 Å². The summed E-state index contributed by atoms with van der Waals surface area (Å²) in [4.78, 5) is 0. The molecule has 0 atom stereocenters. The molecule has 2 N–H and O–H groups in total. The van der Waals surface area contributed by atoms with E-state index >= 15 is 0 Å². The first-order valence-electron chi connectivity index (χ1n) is 0. The molecule has 0 aromatic heterocycles. The van der Waals surface area contributed by atoms with E-state index in [4.69, 9.17) is 0 Å². The maximum absolute atomic E-state index is 0. The predicted molar refractivity (Wildman–Crippen MR) is 40.6 cm³/mol. The summed E-state index contributed by atoms with van der Waals surface area (Å²) in [7, 11) is 0. The second-order valence-electron chi connectivity index (χ2n) is 0. The first kappa shape index (κ1) is 44.1. The second kappa shape index (κ2) is 32.4. The first-order chi connectivity index (χ1) is 0. The molecule has 0 aromatic carbocycles. The van der Waals surface area contributed by atoms with Crippen LogP contribution in [0.3, 0.4) is 0 Å². The van der Waals surface area contributed by atoms with Crippen molar-refractivity contribution in [2.24, 2.45) is 0 Å². The van der Waals surface area contributed by atoms with Gasteiger partial charge in [-0.1, -0.05) is 0 Å². The van der Waals surface area contributed by atoms with Gasteiger partial charge in [0, 0.05) is 17.1 Å². The fourth-order valence-corrected chi connectivity index (χ4v) is 0. The number of rotatable bonds is 0. The Labute approximate surface area is 153 Å². The van der Waals surface area contributed by atoms with Crippen molar-refractivity contribution in [1.82, 2.24) is 0 Å². The summed E-state index contributed by atoms with van der Waals surface area (Å²) < 4.78 is 0. The second-order valence-corrected chi connectivity index (χ2v) is 0. The van der Waals surface area contributed by atoms with Gasteiger partial charge in [0.1, 0.15) is 0 Å². The van der Waals surface area contributed by atoms with Gasteiger partial charge in [-0.3, -0.25) is 0 Å². The normalized spacial score (nSPS) is 0. The average Bonchev–Trinajstić information content (AvgIpc) is 0. The summed E-state index contributed by atoms with van der Waals surface area (Å²) in [6.07, 6.45) is 0. The number of hydrogen-bond donors (Lipinski definition) is 0. The van der Waals surface area contributed by atoms with Crippen LogP contribution >= 0.6 is 0 Å². The van der Waals surface area contributed by atoms with E-state index in [0.29, 0.717) is 0 Å². The first-order valence-corrected chi connectivity index (χ1v) is 0. The quantitative estimate of drug-likeness (QED) is 0.239. The zero-order chi connectivity index (χ0) is 0. The standard InChI is InChI=1S/2Bi.Ca.Cu.H2O.Sr.10H/h;;;;1H2;;;;;;;;;;;. The molecule has 0 aliphatic carbocycles. The van der Waals surface area contributed by atoms with Crippen LogP contribution in [-0.2, 0) is 17.1 Å². The van der Waals surface area contributed by atoms with Crippen molar-refractivity contribution in [3.63, 3.8) is 0 Å². The van der Waals surface area contributed by atoms with Gasteiger partial charge in [-0.2, -0.15) is 0 Å². The molecule has 0 fully saturated rings. The fourth-order valence-electron chi connectivity index (χ4n) is 0. The Balaban J connectivity index is 0. The third-order valence-electron chi connectivity index (χ3n) is 0. The van der Waals surface area contributed by atoms with Gasteiger partial charge >= 0.3 is 136 Å². The zero-order valence-corrected chi connectivity index (χ0v) is 14.2. The van der Waals surface area contributed by atoms with Crippen molar-refractivity contribution in [2.45, 2.75) is 0 Å². The molecular weight excluding hydrogens is 625 g/mol. The molecule has 6 heavy (non-hydrogen) atoms. The Morgan fingerprint density at radius 3 is 0.833 bits per heavy atom. The summed E-state index contributed by atoms with van der Waals surface area (Å²) in [5.74, 6) is 0. The van der Waals surface area contributed by atoms with Crippen molar-refractivity contribution in [2.75, 3.05) is 0 Å². The van der Waals surface area contributed by atoms with Crippen molar-refractivity contribution >= 4 is 136 Å². The van der Waals surface area contributed by atoms with Crippen molar-refractivity contribution in [1.29, 1.82) is 0 Å². The van der Waals surface area contributed by atoms with Crippen LogP contribution in [0.25, 0.3) is 0 Å². The third-order valence-corrected chi connectivity index (χ3v) is 0. The van der Waals surface area contributed by atoms with Gasteiger partial charge in [-0.25, -0.2) is 0 Å². The minimum absolute atomic E-state index is 0. The molecule has 0 aliphatic heterocycles. The molecule has 0 aromatic rings. The summed E-state index contributed by atoms with van der Waals surface area (Å²) in [6, 6.07) is 0. The molecule has 0 unspecified atom stereocenters. The van der Waals surface area contributed by atoms with Gasteiger partial charge in [0.15, 0.2) is 0 Å². The van der Waals surface area contributed by atoms with E-state index in [2.05, 4.69) is 0 Å². The van der Waals surface area contributed by atoms with E-state index in [1.807, 2.05) is 0 Å². The molecule has 0 amide bonds. The molecule has 43 valence electrons. The van der Waals surface area contributed by atoms with Crippen LogP contribution < -0.4 is 0 Å². The molecule has 6 heteroatoms. The van der Waals surface area contributed by atoms with Gasteiger partial charge in [-0.15, -0.1) is 0 Å². The van der Waals surface area contributed by atoms with Crippen LogP contribution in [0, 0.1) is 0 Å². The van der Waals surface area contributed by atoms with E-state index in [0.717, 1.165) is 0 Å². The van der Waals surface area contributed by atoms with Crippen molar-refractivity contribution in [3.8, 4) is 0 Å². The SMILES string of the molecule is O.[BiH3].[BiH3].[CaH2].[Cu].[SrH2].